The standard InChI is InChI=1S/C12H23NO2S/c1-11-8-13(4-7-15-11)9-12(10-16)2-5-14-6-3-12/h11,16H,2-10H2,1H3. The van der Waals surface area contributed by atoms with Crippen molar-refractivity contribution in [1.82, 2.24) is 4.90 Å². The largest absolute Gasteiger partial charge is 0.381 e. The van der Waals surface area contributed by atoms with E-state index in [-0.39, 0.29) is 0 Å². The Morgan fingerprint density at radius 1 is 1.31 bits per heavy atom. The van der Waals surface area contributed by atoms with Crippen LogP contribution in [0.4, 0.5) is 0 Å². The van der Waals surface area contributed by atoms with Gasteiger partial charge in [-0.2, -0.15) is 12.6 Å². The first-order valence-corrected chi connectivity index (χ1v) is 6.90. The molecule has 0 radical (unpaired) electrons. The van der Waals surface area contributed by atoms with E-state index < -0.39 is 0 Å². The van der Waals surface area contributed by atoms with Crippen LogP contribution in [0, 0.1) is 5.41 Å². The Balaban J connectivity index is 1.89. The Labute approximate surface area is 104 Å². The molecule has 2 aliphatic heterocycles. The lowest BCUT2D eigenvalue weighted by atomic mass is 9.81. The van der Waals surface area contributed by atoms with Gasteiger partial charge >= 0.3 is 0 Å². The molecule has 2 saturated heterocycles. The molecule has 2 fully saturated rings. The van der Waals surface area contributed by atoms with E-state index >= 15 is 0 Å². The maximum Gasteiger partial charge on any atom is 0.0674 e. The molecule has 2 heterocycles. The summed E-state index contributed by atoms with van der Waals surface area (Å²) < 4.78 is 11.0. The van der Waals surface area contributed by atoms with Gasteiger partial charge in [0.1, 0.15) is 0 Å². The summed E-state index contributed by atoms with van der Waals surface area (Å²) in [5.74, 6) is 0.974. The summed E-state index contributed by atoms with van der Waals surface area (Å²) in [6, 6.07) is 0. The summed E-state index contributed by atoms with van der Waals surface area (Å²) in [4.78, 5) is 2.54. The zero-order chi connectivity index (χ0) is 11.4. The SMILES string of the molecule is CC1CN(CC2(CS)CCOCC2)CCO1. The molecule has 0 spiro atoms. The van der Waals surface area contributed by atoms with E-state index in [0.29, 0.717) is 11.5 Å². The molecule has 4 heteroatoms. The Morgan fingerprint density at radius 2 is 2.06 bits per heavy atom. The van der Waals surface area contributed by atoms with Crippen LogP contribution in [0.15, 0.2) is 0 Å². The van der Waals surface area contributed by atoms with Crippen LogP contribution in [0.1, 0.15) is 19.8 Å². The van der Waals surface area contributed by atoms with Crippen molar-refractivity contribution < 1.29 is 9.47 Å². The maximum atomic E-state index is 5.58. The van der Waals surface area contributed by atoms with Gasteiger partial charge in [-0.3, -0.25) is 4.90 Å². The molecule has 0 N–H and O–H groups in total. The molecule has 16 heavy (non-hydrogen) atoms. The molecule has 94 valence electrons. The molecule has 0 aromatic carbocycles. The second kappa shape index (κ2) is 5.71. The van der Waals surface area contributed by atoms with E-state index in [2.05, 4.69) is 24.5 Å². The average molecular weight is 245 g/mol. The van der Waals surface area contributed by atoms with Crippen molar-refractivity contribution in [2.24, 2.45) is 5.41 Å². The highest BCUT2D eigenvalue weighted by Crippen LogP contribution is 2.33. The molecule has 0 aliphatic carbocycles. The molecular weight excluding hydrogens is 222 g/mol. The van der Waals surface area contributed by atoms with Crippen molar-refractivity contribution >= 4 is 12.6 Å². The van der Waals surface area contributed by atoms with Crippen LogP contribution >= 0.6 is 12.6 Å². The van der Waals surface area contributed by atoms with Crippen molar-refractivity contribution in [1.29, 1.82) is 0 Å². The normalized spacial score (nSPS) is 31.5. The molecule has 2 aliphatic rings. The van der Waals surface area contributed by atoms with Crippen molar-refractivity contribution in [2.45, 2.75) is 25.9 Å². The second-order valence-electron chi connectivity index (χ2n) is 5.19. The third-order valence-corrected chi connectivity index (χ3v) is 4.44. The Hall–Kier alpha value is 0.230. The fraction of sp³-hybridized carbons (Fsp3) is 1.00. The van der Waals surface area contributed by atoms with Crippen molar-refractivity contribution in [3.05, 3.63) is 0 Å². The first-order valence-electron chi connectivity index (χ1n) is 6.27. The van der Waals surface area contributed by atoms with E-state index in [1.165, 1.54) is 0 Å². The topological polar surface area (TPSA) is 21.7 Å². The zero-order valence-corrected chi connectivity index (χ0v) is 11.0. The maximum absolute atomic E-state index is 5.58. The van der Waals surface area contributed by atoms with Crippen LogP contribution in [0.3, 0.4) is 0 Å². The molecule has 0 bridgehead atoms. The molecule has 0 aromatic rings. The lowest BCUT2D eigenvalue weighted by molar-refractivity contribution is -0.0478. The monoisotopic (exact) mass is 245 g/mol. The van der Waals surface area contributed by atoms with Crippen LogP contribution in [0.2, 0.25) is 0 Å². The van der Waals surface area contributed by atoms with Crippen molar-refractivity contribution in [3.63, 3.8) is 0 Å². The molecule has 0 amide bonds. The number of thiol groups is 1. The highest BCUT2D eigenvalue weighted by atomic mass is 32.1. The highest BCUT2D eigenvalue weighted by Gasteiger charge is 2.34. The summed E-state index contributed by atoms with van der Waals surface area (Å²) in [6.07, 6.45) is 2.69. The fourth-order valence-electron chi connectivity index (χ4n) is 2.68. The summed E-state index contributed by atoms with van der Waals surface area (Å²) in [6.45, 7) is 8.13. The first kappa shape index (κ1) is 12.7. The highest BCUT2D eigenvalue weighted by molar-refractivity contribution is 7.80. The van der Waals surface area contributed by atoms with Crippen LogP contribution in [-0.4, -0.2) is 56.2 Å². The number of morpholine rings is 1. The number of rotatable bonds is 3. The van der Waals surface area contributed by atoms with E-state index in [0.717, 1.165) is 58.0 Å². The summed E-state index contributed by atoms with van der Waals surface area (Å²) in [5, 5.41) is 0. The van der Waals surface area contributed by atoms with Gasteiger partial charge in [0, 0.05) is 32.8 Å². The molecule has 3 nitrogen and oxygen atoms in total. The minimum atomic E-state index is 0.373. The zero-order valence-electron chi connectivity index (χ0n) is 10.2. The van der Waals surface area contributed by atoms with Gasteiger partial charge in [0.15, 0.2) is 0 Å². The Bertz CT molecular complexity index is 219. The van der Waals surface area contributed by atoms with Gasteiger partial charge in [0.2, 0.25) is 0 Å². The van der Waals surface area contributed by atoms with Gasteiger partial charge in [-0.15, -0.1) is 0 Å². The molecular formula is C12H23NO2S. The Kier molecular flexibility index (Phi) is 4.53. The van der Waals surface area contributed by atoms with E-state index in [9.17, 15) is 0 Å². The van der Waals surface area contributed by atoms with Gasteiger partial charge in [-0.05, 0) is 30.9 Å². The smallest absolute Gasteiger partial charge is 0.0674 e. The third-order valence-electron chi connectivity index (χ3n) is 3.77. The minimum Gasteiger partial charge on any atom is -0.381 e. The fourth-order valence-corrected chi connectivity index (χ4v) is 3.10. The first-order chi connectivity index (χ1) is 7.74. The third kappa shape index (κ3) is 3.13. The minimum absolute atomic E-state index is 0.373. The number of hydrogen-bond donors (Lipinski definition) is 1. The second-order valence-corrected chi connectivity index (χ2v) is 5.50. The molecule has 0 aromatic heterocycles. The van der Waals surface area contributed by atoms with E-state index in [1.54, 1.807) is 0 Å². The summed E-state index contributed by atoms with van der Waals surface area (Å²) >= 11 is 4.56. The lowest BCUT2D eigenvalue weighted by Gasteiger charge is -2.42. The van der Waals surface area contributed by atoms with E-state index in [1.807, 2.05) is 0 Å². The molecule has 0 saturated carbocycles. The number of ether oxygens (including phenoxy) is 2. The van der Waals surface area contributed by atoms with Crippen LogP contribution in [0.25, 0.3) is 0 Å². The number of nitrogens with zero attached hydrogens (tertiary/aromatic N) is 1. The quantitative estimate of drug-likeness (QED) is 0.760. The van der Waals surface area contributed by atoms with Crippen LogP contribution in [0.5, 0.6) is 0 Å². The Morgan fingerprint density at radius 3 is 2.69 bits per heavy atom. The average Bonchev–Trinajstić information content (AvgIpc) is 2.30. The predicted molar refractivity (Wildman–Crippen MR) is 68.2 cm³/mol. The van der Waals surface area contributed by atoms with Crippen LogP contribution in [-0.2, 0) is 9.47 Å². The van der Waals surface area contributed by atoms with Gasteiger partial charge in [0.25, 0.3) is 0 Å². The molecule has 2 rings (SSSR count). The molecule has 1 unspecified atom stereocenters. The molecule has 1 atom stereocenters. The van der Waals surface area contributed by atoms with Gasteiger partial charge in [-0.25, -0.2) is 0 Å². The van der Waals surface area contributed by atoms with Crippen molar-refractivity contribution in [3.8, 4) is 0 Å². The van der Waals surface area contributed by atoms with Gasteiger partial charge in [0.05, 0.1) is 12.7 Å². The van der Waals surface area contributed by atoms with E-state index in [4.69, 9.17) is 9.47 Å². The summed E-state index contributed by atoms with van der Waals surface area (Å²) in [5.41, 5.74) is 0.373. The summed E-state index contributed by atoms with van der Waals surface area (Å²) in [7, 11) is 0. The van der Waals surface area contributed by atoms with Crippen LogP contribution < -0.4 is 0 Å². The van der Waals surface area contributed by atoms with Crippen molar-refractivity contribution in [2.75, 3.05) is 45.2 Å². The number of hydrogen-bond acceptors (Lipinski definition) is 4. The predicted octanol–water partition coefficient (Wildman–Crippen LogP) is 1.43. The lowest BCUT2D eigenvalue weighted by Crippen LogP contribution is -2.48. The van der Waals surface area contributed by atoms with Gasteiger partial charge in [-0.1, -0.05) is 0 Å². The van der Waals surface area contributed by atoms with Gasteiger partial charge < -0.3 is 9.47 Å².